The summed E-state index contributed by atoms with van der Waals surface area (Å²) >= 11 is 6.11. The fourth-order valence-electron chi connectivity index (χ4n) is 2.56. The van der Waals surface area contributed by atoms with Gasteiger partial charge in [0.1, 0.15) is 0 Å². The van der Waals surface area contributed by atoms with E-state index < -0.39 is 5.92 Å². The maximum atomic E-state index is 12.2. The summed E-state index contributed by atoms with van der Waals surface area (Å²) in [5.41, 5.74) is 0.247. The van der Waals surface area contributed by atoms with E-state index in [1.54, 1.807) is 24.3 Å². The molecular formula is C17H22ClN3O3. The number of carbonyl (C=O) groups is 3. The Morgan fingerprint density at radius 3 is 2.58 bits per heavy atom. The van der Waals surface area contributed by atoms with E-state index in [9.17, 15) is 14.4 Å². The number of para-hydroxylation sites is 1. The number of carbonyl (C=O) groups excluding carboxylic acids is 3. The number of halogens is 1. The highest BCUT2D eigenvalue weighted by molar-refractivity contribution is 6.33. The third-order valence-corrected chi connectivity index (χ3v) is 3.90. The standard InChI is InChI=1S/C17H22ClN3O3/c1-17(2,3)20-14(22)9-19-16(24)11-8-15(23)21(10-11)13-7-5-4-6-12(13)18/h4-7,11H,8-10H2,1-3H3,(H,19,24)(H,20,22). The van der Waals surface area contributed by atoms with Gasteiger partial charge in [0.25, 0.3) is 0 Å². The van der Waals surface area contributed by atoms with Gasteiger partial charge in [0, 0.05) is 18.5 Å². The third kappa shape index (κ3) is 4.71. The van der Waals surface area contributed by atoms with Crippen LogP contribution in [0.2, 0.25) is 5.02 Å². The van der Waals surface area contributed by atoms with Crippen molar-refractivity contribution in [3.05, 3.63) is 29.3 Å². The van der Waals surface area contributed by atoms with Crippen LogP contribution in [0, 0.1) is 5.92 Å². The maximum absolute atomic E-state index is 12.2. The quantitative estimate of drug-likeness (QED) is 0.867. The summed E-state index contributed by atoms with van der Waals surface area (Å²) in [6.07, 6.45) is 0.109. The van der Waals surface area contributed by atoms with Crippen LogP contribution < -0.4 is 15.5 Å². The molecule has 6 nitrogen and oxygen atoms in total. The van der Waals surface area contributed by atoms with Crippen molar-refractivity contribution in [3.63, 3.8) is 0 Å². The molecule has 130 valence electrons. The number of rotatable bonds is 4. The Morgan fingerprint density at radius 1 is 1.29 bits per heavy atom. The minimum absolute atomic E-state index is 0.104. The zero-order valence-corrected chi connectivity index (χ0v) is 14.8. The van der Waals surface area contributed by atoms with Crippen molar-refractivity contribution in [2.45, 2.75) is 32.7 Å². The van der Waals surface area contributed by atoms with Crippen molar-refractivity contribution < 1.29 is 14.4 Å². The molecule has 0 radical (unpaired) electrons. The van der Waals surface area contributed by atoms with Crippen LogP contribution in [0.1, 0.15) is 27.2 Å². The first kappa shape index (κ1) is 18.3. The van der Waals surface area contributed by atoms with Gasteiger partial charge in [-0.2, -0.15) is 0 Å². The summed E-state index contributed by atoms with van der Waals surface area (Å²) in [6, 6.07) is 7.02. The number of benzene rings is 1. The molecule has 0 saturated carbocycles. The Morgan fingerprint density at radius 2 is 1.96 bits per heavy atom. The predicted octanol–water partition coefficient (Wildman–Crippen LogP) is 1.72. The maximum Gasteiger partial charge on any atom is 0.239 e. The molecule has 2 N–H and O–H groups in total. The van der Waals surface area contributed by atoms with Crippen LogP contribution in [0.15, 0.2) is 24.3 Å². The third-order valence-electron chi connectivity index (χ3n) is 3.58. The molecular weight excluding hydrogens is 330 g/mol. The number of nitrogens with zero attached hydrogens (tertiary/aromatic N) is 1. The molecule has 1 aliphatic heterocycles. The normalized spacial score (nSPS) is 17.8. The van der Waals surface area contributed by atoms with E-state index in [2.05, 4.69) is 10.6 Å². The highest BCUT2D eigenvalue weighted by Gasteiger charge is 2.35. The molecule has 3 amide bonds. The van der Waals surface area contributed by atoms with E-state index in [0.717, 1.165) is 0 Å². The average Bonchev–Trinajstić information content (AvgIpc) is 2.85. The van der Waals surface area contributed by atoms with Gasteiger partial charge < -0.3 is 15.5 Å². The van der Waals surface area contributed by atoms with Gasteiger partial charge in [0.2, 0.25) is 17.7 Å². The zero-order chi connectivity index (χ0) is 17.9. The molecule has 1 heterocycles. The lowest BCUT2D eigenvalue weighted by Crippen LogP contribution is -2.46. The summed E-state index contributed by atoms with van der Waals surface area (Å²) in [7, 11) is 0. The molecule has 1 atom stereocenters. The molecule has 1 aromatic carbocycles. The minimum Gasteiger partial charge on any atom is -0.350 e. The molecule has 0 aliphatic carbocycles. The number of amides is 3. The highest BCUT2D eigenvalue weighted by Crippen LogP contribution is 2.30. The second kappa shape index (κ2) is 7.21. The first-order valence-corrected chi connectivity index (χ1v) is 8.19. The first-order chi connectivity index (χ1) is 11.2. The van der Waals surface area contributed by atoms with Crippen molar-refractivity contribution >= 4 is 35.0 Å². The van der Waals surface area contributed by atoms with E-state index in [1.165, 1.54) is 4.90 Å². The Hall–Kier alpha value is -2.08. The second-order valence-electron chi connectivity index (χ2n) is 6.87. The van der Waals surface area contributed by atoms with E-state index in [-0.39, 0.29) is 42.8 Å². The highest BCUT2D eigenvalue weighted by atomic mass is 35.5. The van der Waals surface area contributed by atoms with E-state index >= 15 is 0 Å². The van der Waals surface area contributed by atoms with Gasteiger partial charge in [-0.05, 0) is 32.9 Å². The first-order valence-electron chi connectivity index (χ1n) is 7.81. The van der Waals surface area contributed by atoms with E-state index in [0.29, 0.717) is 10.7 Å². The summed E-state index contributed by atoms with van der Waals surface area (Å²) in [5, 5.41) is 5.83. The molecule has 7 heteroatoms. The summed E-state index contributed by atoms with van der Waals surface area (Å²) in [6.45, 7) is 5.75. The van der Waals surface area contributed by atoms with Crippen molar-refractivity contribution in [2.24, 2.45) is 5.92 Å². The predicted molar refractivity (Wildman–Crippen MR) is 92.8 cm³/mol. The molecule has 1 saturated heterocycles. The van der Waals surface area contributed by atoms with Crippen LogP contribution in [-0.4, -0.2) is 36.3 Å². The molecule has 2 rings (SSSR count). The van der Waals surface area contributed by atoms with Crippen molar-refractivity contribution in [1.29, 1.82) is 0 Å². The largest absolute Gasteiger partial charge is 0.350 e. The van der Waals surface area contributed by atoms with Gasteiger partial charge >= 0.3 is 0 Å². The van der Waals surface area contributed by atoms with Gasteiger partial charge in [-0.25, -0.2) is 0 Å². The summed E-state index contributed by atoms with van der Waals surface area (Å²) < 4.78 is 0. The van der Waals surface area contributed by atoms with Gasteiger partial charge in [0.05, 0.1) is 23.2 Å². The number of anilines is 1. The Bertz CT molecular complexity index is 655. The summed E-state index contributed by atoms with van der Waals surface area (Å²) in [4.78, 5) is 37.7. The summed E-state index contributed by atoms with van der Waals surface area (Å²) in [5.74, 6) is -1.20. The molecule has 0 spiro atoms. The molecule has 0 bridgehead atoms. The van der Waals surface area contributed by atoms with Crippen molar-refractivity contribution in [1.82, 2.24) is 10.6 Å². The van der Waals surface area contributed by atoms with Crippen LogP contribution >= 0.6 is 11.6 Å². The van der Waals surface area contributed by atoms with Crippen LogP contribution in [0.25, 0.3) is 0 Å². The lowest BCUT2D eigenvalue weighted by atomic mass is 10.1. The fraction of sp³-hybridized carbons (Fsp3) is 0.471. The molecule has 1 unspecified atom stereocenters. The number of hydrogen-bond donors (Lipinski definition) is 2. The van der Waals surface area contributed by atoms with Crippen LogP contribution in [0.5, 0.6) is 0 Å². The second-order valence-corrected chi connectivity index (χ2v) is 7.28. The SMILES string of the molecule is CC(C)(C)NC(=O)CNC(=O)C1CC(=O)N(c2ccccc2Cl)C1. The van der Waals surface area contributed by atoms with Gasteiger partial charge in [-0.3, -0.25) is 14.4 Å². The molecule has 1 aliphatic rings. The number of nitrogens with one attached hydrogen (secondary N) is 2. The fourth-order valence-corrected chi connectivity index (χ4v) is 2.80. The topological polar surface area (TPSA) is 78.5 Å². The zero-order valence-electron chi connectivity index (χ0n) is 14.1. The minimum atomic E-state index is -0.490. The monoisotopic (exact) mass is 351 g/mol. The average molecular weight is 352 g/mol. The molecule has 24 heavy (non-hydrogen) atoms. The van der Waals surface area contributed by atoms with Gasteiger partial charge in [-0.1, -0.05) is 23.7 Å². The smallest absolute Gasteiger partial charge is 0.239 e. The van der Waals surface area contributed by atoms with E-state index in [4.69, 9.17) is 11.6 Å². The van der Waals surface area contributed by atoms with Crippen molar-refractivity contribution in [3.8, 4) is 0 Å². The molecule has 1 fully saturated rings. The van der Waals surface area contributed by atoms with Crippen molar-refractivity contribution in [2.75, 3.05) is 18.0 Å². The molecule has 1 aromatic rings. The Kier molecular flexibility index (Phi) is 5.49. The van der Waals surface area contributed by atoms with Gasteiger partial charge in [0.15, 0.2) is 0 Å². The van der Waals surface area contributed by atoms with Crippen LogP contribution in [-0.2, 0) is 14.4 Å². The molecule has 0 aromatic heterocycles. The van der Waals surface area contributed by atoms with E-state index in [1.807, 2.05) is 20.8 Å². The Balaban J connectivity index is 1.92. The number of hydrogen-bond acceptors (Lipinski definition) is 3. The lowest BCUT2D eigenvalue weighted by Gasteiger charge is -2.21. The van der Waals surface area contributed by atoms with Crippen LogP contribution in [0.4, 0.5) is 5.69 Å². The Labute approximate surface area is 146 Å². The lowest BCUT2D eigenvalue weighted by molar-refractivity contribution is -0.129. The van der Waals surface area contributed by atoms with Crippen LogP contribution in [0.3, 0.4) is 0 Å². The van der Waals surface area contributed by atoms with Gasteiger partial charge in [-0.15, -0.1) is 0 Å².